The second-order valence-corrected chi connectivity index (χ2v) is 5.94. The van der Waals surface area contributed by atoms with Gasteiger partial charge in [-0.15, -0.1) is 0 Å². The molecule has 1 aliphatic carbocycles. The van der Waals surface area contributed by atoms with Crippen LogP contribution in [0.3, 0.4) is 0 Å². The maximum absolute atomic E-state index is 6.16. The first-order valence-electron chi connectivity index (χ1n) is 6.87. The highest BCUT2D eigenvalue weighted by molar-refractivity contribution is 6.30. The van der Waals surface area contributed by atoms with Crippen LogP contribution < -0.4 is 10.6 Å². The normalized spacial score (nSPS) is 15.2. The number of hydrogen-bond donors (Lipinski definition) is 1. The number of halogens is 1. The monoisotopic (exact) mass is 266 g/mol. The molecule has 2 nitrogen and oxygen atoms in total. The van der Waals surface area contributed by atoms with Crippen molar-refractivity contribution in [3.8, 4) is 0 Å². The summed E-state index contributed by atoms with van der Waals surface area (Å²) >= 11 is 6.16. The lowest BCUT2D eigenvalue weighted by Crippen LogP contribution is -2.33. The van der Waals surface area contributed by atoms with E-state index in [9.17, 15) is 0 Å². The van der Waals surface area contributed by atoms with Crippen molar-refractivity contribution in [3.05, 3.63) is 28.8 Å². The quantitative estimate of drug-likeness (QED) is 0.854. The standard InChI is InChI=1S/C15H23ClN2/c1-11(2)18(10-12-3-4-12)15-9-14(16)6-5-13(15)7-8-17/h5-6,9,11-12H,3-4,7-8,10,17H2,1-2H3. The molecule has 1 aromatic rings. The number of benzene rings is 1. The van der Waals surface area contributed by atoms with Crippen LogP contribution in [0.25, 0.3) is 0 Å². The summed E-state index contributed by atoms with van der Waals surface area (Å²) in [4.78, 5) is 2.48. The highest BCUT2D eigenvalue weighted by atomic mass is 35.5. The summed E-state index contributed by atoms with van der Waals surface area (Å²) in [6.07, 6.45) is 3.66. The number of hydrogen-bond acceptors (Lipinski definition) is 2. The first kappa shape index (κ1) is 13.7. The van der Waals surface area contributed by atoms with E-state index < -0.39 is 0 Å². The van der Waals surface area contributed by atoms with E-state index >= 15 is 0 Å². The molecule has 2 rings (SSSR count). The molecule has 0 amide bonds. The Labute approximate surface area is 115 Å². The summed E-state index contributed by atoms with van der Waals surface area (Å²) in [5.41, 5.74) is 8.29. The molecule has 18 heavy (non-hydrogen) atoms. The second-order valence-electron chi connectivity index (χ2n) is 5.50. The minimum absolute atomic E-state index is 0.501. The number of nitrogens with two attached hydrogens (primary N) is 1. The van der Waals surface area contributed by atoms with Crippen LogP contribution in [-0.4, -0.2) is 19.1 Å². The zero-order chi connectivity index (χ0) is 13.1. The molecule has 0 aliphatic heterocycles. The van der Waals surface area contributed by atoms with Crippen molar-refractivity contribution in [2.75, 3.05) is 18.0 Å². The van der Waals surface area contributed by atoms with E-state index in [4.69, 9.17) is 17.3 Å². The van der Waals surface area contributed by atoms with Crippen LogP contribution >= 0.6 is 11.6 Å². The molecule has 0 heterocycles. The van der Waals surface area contributed by atoms with Crippen LogP contribution in [0.1, 0.15) is 32.3 Å². The van der Waals surface area contributed by atoms with Gasteiger partial charge in [0.05, 0.1) is 0 Å². The molecular weight excluding hydrogens is 244 g/mol. The van der Waals surface area contributed by atoms with Gasteiger partial charge in [0, 0.05) is 23.3 Å². The lowest BCUT2D eigenvalue weighted by atomic mass is 10.1. The molecule has 0 bridgehead atoms. The van der Waals surface area contributed by atoms with Gasteiger partial charge < -0.3 is 10.6 Å². The van der Waals surface area contributed by atoms with Crippen LogP contribution in [0.15, 0.2) is 18.2 Å². The zero-order valence-corrected chi connectivity index (χ0v) is 12.1. The summed E-state index contributed by atoms with van der Waals surface area (Å²) in [5, 5.41) is 0.812. The maximum atomic E-state index is 6.16. The Hall–Kier alpha value is -0.730. The number of rotatable bonds is 6. The summed E-state index contributed by atoms with van der Waals surface area (Å²) in [7, 11) is 0. The fourth-order valence-corrected chi connectivity index (χ4v) is 2.50. The molecule has 2 N–H and O–H groups in total. The van der Waals surface area contributed by atoms with Gasteiger partial charge in [0.25, 0.3) is 0 Å². The second kappa shape index (κ2) is 5.94. The molecule has 1 saturated carbocycles. The van der Waals surface area contributed by atoms with Gasteiger partial charge in [-0.25, -0.2) is 0 Å². The lowest BCUT2D eigenvalue weighted by molar-refractivity contribution is 0.641. The number of anilines is 1. The highest BCUT2D eigenvalue weighted by Crippen LogP contribution is 2.34. The topological polar surface area (TPSA) is 29.3 Å². The largest absolute Gasteiger partial charge is 0.369 e. The average Bonchev–Trinajstić information content (AvgIpc) is 3.12. The maximum Gasteiger partial charge on any atom is 0.0426 e. The summed E-state index contributed by atoms with van der Waals surface area (Å²) in [6, 6.07) is 6.67. The SMILES string of the molecule is CC(C)N(CC1CC1)c1cc(Cl)ccc1CCN. The minimum atomic E-state index is 0.501. The van der Waals surface area contributed by atoms with Crippen molar-refractivity contribution >= 4 is 17.3 Å². The summed E-state index contributed by atoms with van der Waals surface area (Å²) in [6.45, 7) is 6.32. The van der Waals surface area contributed by atoms with E-state index in [1.807, 2.05) is 6.07 Å². The van der Waals surface area contributed by atoms with E-state index in [-0.39, 0.29) is 0 Å². The predicted octanol–water partition coefficient (Wildman–Crippen LogP) is 3.47. The molecule has 1 aromatic carbocycles. The minimum Gasteiger partial charge on any atom is -0.369 e. The molecule has 0 radical (unpaired) electrons. The van der Waals surface area contributed by atoms with Gasteiger partial charge in [-0.2, -0.15) is 0 Å². The van der Waals surface area contributed by atoms with E-state index in [0.717, 1.165) is 23.9 Å². The number of nitrogens with zero attached hydrogens (tertiary/aromatic N) is 1. The third kappa shape index (κ3) is 3.39. The first-order chi connectivity index (χ1) is 8.61. The molecule has 0 spiro atoms. The highest BCUT2D eigenvalue weighted by Gasteiger charge is 2.26. The van der Waals surface area contributed by atoms with Crippen LogP contribution in [-0.2, 0) is 6.42 Å². The van der Waals surface area contributed by atoms with Gasteiger partial charge in [-0.05, 0) is 63.3 Å². The van der Waals surface area contributed by atoms with Crippen molar-refractivity contribution in [3.63, 3.8) is 0 Å². The van der Waals surface area contributed by atoms with Gasteiger partial charge in [0.15, 0.2) is 0 Å². The van der Waals surface area contributed by atoms with E-state index in [0.29, 0.717) is 12.6 Å². The van der Waals surface area contributed by atoms with Crippen molar-refractivity contribution in [2.24, 2.45) is 11.7 Å². The van der Waals surface area contributed by atoms with E-state index in [2.05, 4.69) is 30.9 Å². The van der Waals surface area contributed by atoms with Crippen LogP contribution in [0, 0.1) is 5.92 Å². The van der Waals surface area contributed by atoms with Crippen LogP contribution in [0.4, 0.5) is 5.69 Å². The Kier molecular flexibility index (Phi) is 4.52. The molecule has 0 atom stereocenters. The van der Waals surface area contributed by atoms with Gasteiger partial charge >= 0.3 is 0 Å². The van der Waals surface area contributed by atoms with E-state index in [1.54, 1.807) is 0 Å². The first-order valence-corrected chi connectivity index (χ1v) is 7.24. The van der Waals surface area contributed by atoms with Gasteiger partial charge in [-0.3, -0.25) is 0 Å². The Morgan fingerprint density at radius 3 is 2.67 bits per heavy atom. The van der Waals surface area contributed by atoms with E-state index in [1.165, 1.54) is 24.1 Å². The molecule has 3 heteroatoms. The Bertz CT molecular complexity index is 399. The molecule has 0 unspecified atom stereocenters. The predicted molar refractivity (Wildman–Crippen MR) is 79.4 cm³/mol. The third-order valence-corrected chi connectivity index (χ3v) is 3.78. The Morgan fingerprint density at radius 2 is 2.11 bits per heavy atom. The van der Waals surface area contributed by atoms with Gasteiger partial charge in [0.1, 0.15) is 0 Å². The molecule has 1 fully saturated rings. The molecule has 0 saturated heterocycles. The third-order valence-electron chi connectivity index (χ3n) is 3.55. The van der Waals surface area contributed by atoms with Crippen LogP contribution in [0.2, 0.25) is 5.02 Å². The molecule has 100 valence electrons. The smallest absolute Gasteiger partial charge is 0.0426 e. The lowest BCUT2D eigenvalue weighted by Gasteiger charge is -2.31. The van der Waals surface area contributed by atoms with Crippen molar-refractivity contribution in [1.29, 1.82) is 0 Å². The Morgan fingerprint density at radius 1 is 1.39 bits per heavy atom. The average molecular weight is 267 g/mol. The van der Waals surface area contributed by atoms with Gasteiger partial charge in [0.2, 0.25) is 0 Å². The zero-order valence-electron chi connectivity index (χ0n) is 11.3. The fraction of sp³-hybridized carbons (Fsp3) is 0.600. The fourth-order valence-electron chi connectivity index (χ4n) is 2.34. The van der Waals surface area contributed by atoms with Crippen molar-refractivity contribution in [2.45, 2.75) is 39.2 Å². The summed E-state index contributed by atoms with van der Waals surface area (Å²) < 4.78 is 0. The van der Waals surface area contributed by atoms with Gasteiger partial charge in [-0.1, -0.05) is 17.7 Å². The molecule has 0 aromatic heterocycles. The molecule has 1 aliphatic rings. The Balaban J connectivity index is 2.27. The van der Waals surface area contributed by atoms with Crippen molar-refractivity contribution < 1.29 is 0 Å². The van der Waals surface area contributed by atoms with Crippen molar-refractivity contribution in [1.82, 2.24) is 0 Å². The molecular formula is C15H23ClN2. The summed E-state index contributed by atoms with van der Waals surface area (Å²) in [5.74, 6) is 0.872. The van der Waals surface area contributed by atoms with Crippen LogP contribution in [0.5, 0.6) is 0 Å².